The molecule has 0 radical (unpaired) electrons. The molecule has 0 unspecified atom stereocenters. The number of amides is 2. The minimum Gasteiger partial charge on any atom is -0.495 e. The van der Waals surface area contributed by atoms with Crippen molar-refractivity contribution in [3.8, 4) is 5.75 Å². The van der Waals surface area contributed by atoms with Crippen LogP contribution < -0.4 is 10.1 Å². The smallest absolute Gasteiger partial charge is 0.322 e. The zero-order chi connectivity index (χ0) is 13.8. The van der Waals surface area contributed by atoms with Crippen LogP contribution in [0.25, 0.3) is 0 Å². The van der Waals surface area contributed by atoms with E-state index in [-0.39, 0.29) is 18.7 Å². The summed E-state index contributed by atoms with van der Waals surface area (Å²) in [4.78, 5) is 13.9. The molecule has 1 aliphatic rings. The fourth-order valence-electron chi connectivity index (χ4n) is 2.38. The summed E-state index contributed by atoms with van der Waals surface area (Å²) in [5.41, 5.74) is 1.73. The van der Waals surface area contributed by atoms with Crippen molar-refractivity contribution in [1.29, 1.82) is 0 Å². The molecule has 1 aromatic carbocycles. The number of aryl methyl sites for hydroxylation is 1. The second kappa shape index (κ2) is 5.93. The molecule has 1 saturated heterocycles. The highest BCUT2D eigenvalue weighted by molar-refractivity contribution is 5.91. The average molecular weight is 264 g/mol. The van der Waals surface area contributed by atoms with Gasteiger partial charge in [0.25, 0.3) is 0 Å². The highest BCUT2D eigenvalue weighted by atomic mass is 16.5. The summed E-state index contributed by atoms with van der Waals surface area (Å²) in [5, 5.41) is 12.1. The molecular formula is C14H20N2O3. The van der Waals surface area contributed by atoms with Crippen molar-refractivity contribution in [1.82, 2.24) is 4.90 Å². The number of likely N-dealkylation sites (tertiary alicyclic amines) is 1. The van der Waals surface area contributed by atoms with E-state index in [0.29, 0.717) is 18.0 Å². The van der Waals surface area contributed by atoms with Crippen LogP contribution in [0.2, 0.25) is 0 Å². The summed E-state index contributed by atoms with van der Waals surface area (Å²) in [6.07, 6.45) is 1.79. The number of carbonyl (C=O) groups is 1. The molecule has 19 heavy (non-hydrogen) atoms. The van der Waals surface area contributed by atoms with E-state index in [2.05, 4.69) is 5.32 Å². The maximum Gasteiger partial charge on any atom is 0.322 e. The Hall–Kier alpha value is -1.75. The van der Waals surface area contributed by atoms with Gasteiger partial charge >= 0.3 is 6.03 Å². The molecule has 104 valence electrons. The predicted molar refractivity (Wildman–Crippen MR) is 73.6 cm³/mol. The van der Waals surface area contributed by atoms with Gasteiger partial charge in [0, 0.05) is 6.54 Å². The van der Waals surface area contributed by atoms with Gasteiger partial charge < -0.3 is 20.1 Å². The maximum absolute atomic E-state index is 12.2. The van der Waals surface area contributed by atoms with Crippen molar-refractivity contribution >= 4 is 11.7 Å². The molecule has 1 aliphatic heterocycles. The van der Waals surface area contributed by atoms with Gasteiger partial charge in [-0.05, 0) is 37.5 Å². The highest BCUT2D eigenvalue weighted by Gasteiger charge is 2.28. The van der Waals surface area contributed by atoms with Gasteiger partial charge in [0.15, 0.2) is 0 Å². The number of carbonyl (C=O) groups excluding carboxylic acids is 1. The van der Waals surface area contributed by atoms with Crippen molar-refractivity contribution in [2.45, 2.75) is 25.8 Å². The Balaban J connectivity index is 2.10. The number of nitrogens with zero attached hydrogens (tertiary/aromatic N) is 1. The first-order valence-corrected chi connectivity index (χ1v) is 6.49. The Kier molecular flexibility index (Phi) is 4.27. The third-order valence-corrected chi connectivity index (χ3v) is 3.45. The van der Waals surface area contributed by atoms with Gasteiger partial charge in [-0.15, -0.1) is 0 Å². The van der Waals surface area contributed by atoms with Gasteiger partial charge in [0.05, 0.1) is 25.4 Å². The van der Waals surface area contributed by atoms with Crippen molar-refractivity contribution in [2.75, 3.05) is 25.6 Å². The normalized spacial score (nSPS) is 18.5. The number of methoxy groups -OCH3 is 1. The fraction of sp³-hybridized carbons (Fsp3) is 0.500. The first-order valence-electron chi connectivity index (χ1n) is 6.49. The molecule has 2 amide bonds. The third kappa shape index (κ3) is 2.98. The topological polar surface area (TPSA) is 61.8 Å². The van der Waals surface area contributed by atoms with Crippen molar-refractivity contribution in [2.24, 2.45) is 0 Å². The second-order valence-corrected chi connectivity index (χ2v) is 4.81. The zero-order valence-electron chi connectivity index (χ0n) is 11.3. The molecule has 1 atom stereocenters. The van der Waals surface area contributed by atoms with E-state index in [0.717, 1.165) is 18.4 Å². The van der Waals surface area contributed by atoms with Crippen LogP contribution in [0.4, 0.5) is 10.5 Å². The molecule has 0 aliphatic carbocycles. The van der Waals surface area contributed by atoms with Gasteiger partial charge in [-0.25, -0.2) is 4.79 Å². The molecule has 5 heteroatoms. The van der Waals surface area contributed by atoms with Crippen LogP contribution in [0.3, 0.4) is 0 Å². The quantitative estimate of drug-likeness (QED) is 0.877. The number of urea groups is 1. The summed E-state index contributed by atoms with van der Waals surface area (Å²) >= 11 is 0. The van der Waals surface area contributed by atoms with E-state index in [1.807, 2.05) is 25.1 Å². The number of hydrogen-bond acceptors (Lipinski definition) is 3. The Morgan fingerprint density at radius 3 is 3.05 bits per heavy atom. The van der Waals surface area contributed by atoms with E-state index < -0.39 is 0 Å². The summed E-state index contributed by atoms with van der Waals surface area (Å²) in [5.74, 6) is 0.646. The van der Waals surface area contributed by atoms with Gasteiger partial charge in [-0.2, -0.15) is 0 Å². The molecular weight excluding hydrogens is 244 g/mol. The Morgan fingerprint density at radius 2 is 2.37 bits per heavy atom. The molecule has 0 saturated carbocycles. The molecule has 2 N–H and O–H groups in total. The first-order chi connectivity index (χ1) is 9.15. The van der Waals surface area contributed by atoms with Crippen molar-refractivity contribution in [3.05, 3.63) is 23.8 Å². The lowest BCUT2D eigenvalue weighted by molar-refractivity contribution is 0.166. The van der Waals surface area contributed by atoms with Crippen LogP contribution in [0.1, 0.15) is 18.4 Å². The van der Waals surface area contributed by atoms with E-state index >= 15 is 0 Å². The molecule has 1 aromatic rings. The van der Waals surface area contributed by atoms with Crippen LogP contribution in [-0.2, 0) is 0 Å². The molecule has 2 rings (SSSR count). The lowest BCUT2D eigenvalue weighted by Crippen LogP contribution is -2.40. The van der Waals surface area contributed by atoms with E-state index in [1.54, 1.807) is 12.0 Å². The summed E-state index contributed by atoms with van der Waals surface area (Å²) in [6.45, 7) is 2.67. The highest BCUT2D eigenvalue weighted by Crippen LogP contribution is 2.26. The third-order valence-electron chi connectivity index (χ3n) is 3.45. The monoisotopic (exact) mass is 264 g/mol. The van der Waals surface area contributed by atoms with Crippen molar-refractivity contribution < 1.29 is 14.6 Å². The predicted octanol–water partition coefficient (Wildman–Crippen LogP) is 1.99. The largest absolute Gasteiger partial charge is 0.495 e. The van der Waals surface area contributed by atoms with Crippen LogP contribution in [0, 0.1) is 6.92 Å². The molecule has 0 spiro atoms. The lowest BCUT2D eigenvalue weighted by atomic mass is 10.2. The van der Waals surface area contributed by atoms with Gasteiger partial charge in [-0.3, -0.25) is 0 Å². The molecule has 5 nitrogen and oxygen atoms in total. The van der Waals surface area contributed by atoms with Gasteiger partial charge in [0.2, 0.25) is 0 Å². The fourth-order valence-corrected chi connectivity index (χ4v) is 2.38. The van der Waals surface area contributed by atoms with Crippen LogP contribution >= 0.6 is 0 Å². The van der Waals surface area contributed by atoms with Crippen LogP contribution in [-0.4, -0.2) is 42.3 Å². The lowest BCUT2D eigenvalue weighted by Gasteiger charge is -2.23. The number of hydrogen-bond donors (Lipinski definition) is 2. The van der Waals surface area contributed by atoms with Gasteiger partial charge in [-0.1, -0.05) is 6.07 Å². The van der Waals surface area contributed by atoms with Gasteiger partial charge in [0.1, 0.15) is 5.75 Å². The molecule has 0 bridgehead atoms. The Labute approximate surface area is 113 Å². The second-order valence-electron chi connectivity index (χ2n) is 4.81. The number of aliphatic hydroxyl groups is 1. The summed E-state index contributed by atoms with van der Waals surface area (Å²) in [7, 11) is 1.58. The molecule has 1 heterocycles. The minimum absolute atomic E-state index is 0.0124. The number of rotatable bonds is 3. The van der Waals surface area contributed by atoms with Crippen molar-refractivity contribution in [3.63, 3.8) is 0 Å². The standard InChI is InChI=1S/C14H20N2O3/c1-10-5-6-12(13(8-10)19-2)15-14(18)16-7-3-4-11(16)9-17/h5-6,8,11,17H,3-4,7,9H2,1-2H3,(H,15,18)/t11-/m0/s1. The SMILES string of the molecule is COc1cc(C)ccc1NC(=O)N1CCC[C@H]1CO. The number of nitrogens with one attached hydrogen (secondary N) is 1. The number of benzene rings is 1. The van der Waals surface area contributed by atoms with Crippen LogP contribution in [0.15, 0.2) is 18.2 Å². The summed E-state index contributed by atoms with van der Waals surface area (Å²) < 4.78 is 5.26. The summed E-state index contributed by atoms with van der Waals surface area (Å²) in [6, 6.07) is 5.38. The van der Waals surface area contributed by atoms with Crippen LogP contribution in [0.5, 0.6) is 5.75 Å². The zero-order valence-corrected chi connectivity index (χ0v) is 11.3. The van der Waals surface area contributed by atoms with E-state index in [4.69, 9.17) is 4.74 Å². The van der Waals surface area contributed by atoms with E-state index in [1.165, 1.54) is 0 Å². The average Bonchev–Trinajstić information content (AvgIpc) is 2.89. The van der Waals surface area contributed by atoms with E-state index in [9.17, 15) is 9.90 Å². The Bertz CT molecular complexity index is 462. The Morgan fingerprint density at radius 1 is 1.58 bits per heavy atom. The first kappa shape index (κ1) is 13.7. The maximum atomic E-state index is 12.2. The minimum atomic E-state index is -0.182. The molecule has 1 fully saturated rings. The number of aliphatic hydroxyl groups excluding tert-OH is 1. The molecule has 0 aromatic heterocycles. The number of ether oxygens (including phenoxy) is 1. The number of anilines is 1.